The van der Waals surface area contributed by atoms with Gasteiger partial charge in [-0.25, -0.2) is 0 Å². The van der Waals surface area contributed by atoms with Crippen molar-refractivity contribution in [3.05, 3.63) is 29.8 Å². The Balaban J connectivity index is 1.92. The Hall–Kier alpha value is -1.06. The lowest BCUT2D eigenvalue weighted by atomic mass is 9.59. The van der Waals surface area contributed by atoms with Crippen LogP contribution in [0.1, 0.15) is 46.1 Å². The first-order chi connectivity index (χ1) is 10.3. The topological polar surface area (TPSA) is 21.7 Å². The average Bonchev–Trinajstić information content (AvgIpc) is 2.68. The van der Waals surface area contributed by atoms with E-state index in [4.69, 9.17) is 9.57 Å². The molecular weight excluding hydrogens is 274 g/mol. The third-order valence-electron chi connectivity index (χ3n) is 5.92. The van der Waals surface area contributed by atoms with Crippen molar-refractivity contribution in [1.29, 1.82) is 0 Å². The van der Waals surface area contributed by atoms with Crippen molar-refractivity contribution >= 4 is 0 Å². The second-order valence-corrected chi connectivity index (χ2v) is 8.01. The molecule has 22 heavy (non-hydrogen) atoms. The van der Waals surface area contributed by atoms with Crippen LogP contribution in [0.25, 0.3) is 0 Å². The number of fused-ring (bicyclic) bond motifs is 1. The van der Waals surface area contributed by atoms with Crippen molar-refractivity contribution < 1.29 is 9.57 Å². The van der Waals surface area contributed by atoms with Crippen molar-refractivity contribution in [1.82, 2.24) is 5.06 Å². The number of nitrogens with zero attached hydrogens (tertiary/aromatic N) is 1. The fraction of sp³-hybridized carbons (Fsp3) is 0.684. The lowest BCUT2D eigenvalue weighted by Gasteiger charge is -2.46. The molecule has 3 rings (SSSR count). The minimum absolute atomic E-state index is 0.0815. The zero-order valence-electron chi connectivity index (χ0n) is 14.7. The molecule has 2 fully saturated rings. The van der Waals surface area contributed by atoms with Gasteiger partial charge in [0.15, 0.2) is 0 Å². The molecule has 2 aliphatic rings. The van der Waals surface area contributed by atoms with Crippen LogP contribution in [0, 0.1) is 11.8 Å². The summed E-state index contributed by atoms with van der Waals surface area (Å²) in [5.74, 6) is 2.12. The van der Waals surface area contributed by atoms with E-state index in [1.807, 2.05) is 0 Å². The number of hydrogen-bond donors (Lipinski definition) is 0. The Morgan fingerprint density at radius 2 is 1.77 bits per heavy atom. The van der Waals surface area contributed by atoms with Crippen LogP contribution in [-0.2, 0) is 10.3 Å². The van der Waals surface area contributed by atoms with Gasteiger partial charge < -0.3 is 4.74 Å². The maximum Gasteiger partial charge on any atom is 0.118 e. The fourth-order valence-corrected chi connectivity index (χ4v) is 4.91. The van der Waals surface area contributed by atoms with Gasteiger partial charge in [0.1, 0.15) is 5.75 Å². The van der Waals surface area contributed by atoms with Gasteiger partial charge in [-0.15, -0.1) is 0 Å². The predicted octanol–water partition coefficient (Wildman–Crippen LogP) is 4.02. The van der Waals surface area contributed by atoms with Crippen LogP contribution >= 0.6 is 0 Å². The van der Waals surface area contributed by atoms with Crippen molar-refractivity contribution in [3.63, 3.8) is 0 Å². The van der Waals surface area contributed by atoms with Crippen LogP contribution in [0.4, 0.5) is 0 Å². The van der Waals surface area contributed by atoms with Crippen molar-refractivity contribution in [2.45, 2.75) is 57.6 Å². The Bertz CT molecular complexity index is 539. The van der Waals surface area contributed by atoms with Gasteiger partial charge >= 0.3 is 0 Å². The Morgan fingerprint density at radius 3 is 2.36 bits per heavy atom. The van der Waals surface area contributed by atoms with E-state index in [1.54, 1.807) is 7.11 Å². The molecular formula is C19H29NO2. The largest absolute Gasteiger partial charge is 0.497 e. The highest BCUT2D eigenvalue weighted by molar-refractivity contribution is 5.33. The van der Waals surface area contributed by atoms with Gasteiger partial charge in [-0.1, -0.05) is 26.0 Å². The smallest absolute Gasteiger partial charge is 0.118 e. The molecule has 1 saturated heterocycles. The third kappa shape index (κ3) is 2.44. The maximum atomic E-state index is 6.15. The molecule has 0 bridgehead atoms. The monoisotopic (exact) mass is 303 g/mol. The summed E-state index contributed by atoms with van der Waals surface area (Å²) in [5, 5.41) is 2.11. The molecule has 1 aliphatic carbocycles. The molecule has 1 aromatic rings. The van der Waals surface area contributed by atoms with Crippen LogP contribution in [0.15, 0.2) is 24.3 Å². The number of ether oxygens (including phenoxy) is 1. The van der Waals surface area contributed by atoms with Gasteiger partial charge in [0, 0.05) is 19.0 Å². The van der Waals surface area contributed by atoms with Gasteiger partial charge in [0.05, 0.1) is 12.7 Å². The summed E-state index contributed by atoms with van der Waals surface area (Å²) in [6.45, 7) is 9.26. The highest BCUT2D eigenvalue weighted by atomic mass is 16.7. The van der Waals surface area contributed by atoms with Gasteiger partial charge in [-0.05, 0) is 55.7 Å². The summed E-state index contributed by atoms with van der Waals surface area (Å²) in [6, 6.07) is 9.16. The van der Waals surface area contributed by atoms with Crippen LogP contribution in [0.2, 0.25) is 0 Å². The summed E-state index contributed by atoms with van der Waals surface area (Å²) >= 11 is 0. The van der Waals surface area contributed by atoms with E-state index in [0.29, 0.717) is 17.9 Å². The van der Waals surface area contributed by atoms with E-state index >= 15 is 0 Å². The van der Waals surface area contributed by atoms with E-state index in [1.165, 1.54) is 18.4 Å². The first-order valence-electron chi connectivity index (χ1n) is 8.33. The molecule has 1 aromatic carbocycles. The zero-order chi connectivity index (χ0) is 16.1. The fourth-order valence-electron chi connectivity index (χ4n) is 4.91. The zero-order valence-corrected chi connectivity index (χ0v) is 14.7. The number of rotatable bonds is 2. The minimum Gasteiger partial charge on any atom is -0.497 e. The molecule has 0 aromatic heterocycles. The van der Waals surface area contributed by atoms with Crippen LogP contribution in [-0.4, -0.2) is 30.9 Å². The second-order valence-electron chi connectivity index (χ2n) is 8.01. The molecule has 4 atom stereocenters. The predicted molar refractivity (Wildman–Crippen MR) is 88.9 cm³/mol. The lowest BCUT2D eigenvalue weighted by Crippen LogP contribution is -2.48. The molecule has 1 saturated carbocycles. The van der Waals surface area contributed by atoms with Crippen molar-refractivity contribution in [2.24, 2.45) is 11.8 Å². The molecule has 122 valence electrons. The Labute approximate surface area is 134 Å². The molecule has 0 N–H and O–H groups in total. The van der Waals surface area contributed by atoms with Gasteiger partial charge in [-0.2, -0.15) is 5.06 Å². The molecule has 3 heteroatoms. The maximum absolute atomic E-state index is 6.15. The molecule has 1 aliphatic heterocycles. The van der Waals surface area contributed by atoms with Crippen LogP contribution < -0.4 is 4.74 Å². The van der Waals surface area contributed by atoms with Gasteiger partial charge in [-0.3, -0.25) is 4.84 Å². The summed E-state index contributed by atoms with van der Waals surface area (Å²) in [5.41, 5.74) is 1.55. The first-order valence-corrected chi connectivity index (χ1v) is 8.33. The van der Waals surface area contributed by atoms with Crippen molar-refractivity contribution in [3.8, 4) is 5.75 Å². The summed E-state index contributed by atoms with van der Waals surface area (Å²) in [4.78, 5) is 6.15. The first kappa shape index (κ1) is 15.8. The van der Waals surface area contributed by atoms with Gasteiger partial charge in [0.2, 0.25) is 0 Å². The number of hydrogen-bond acceptors (Lipinski definition) is 3. The van der Waals surface area contributed by atoms with E-state index in [9.17, 15) is 0 Å². The molecule has 1 heterocycles. The van der Waals surface area contributed by atoms with Crippen molar-refractivity contribution in [2.75, 3.05) is 14.2 Å². The summed E-state index contributed by atoms with van der Waals surface area (Å²) in [6.07, 6.45) is 2.37. The Kier molecular flexibility index (Phi) is 3.77. The number of methoxy groups -OCH3 is 1. The summed E-state index contributed by atoms with van der Waals surface area (Å²) in [7, 11) is 3.82. The molecule has 0 spiro atoms. The van der Waals surface area contributed by atoms with E-state index in [-0.39, 0.29) is 11.0 Å². The standard InChI is InChI=1S/C19H29NO2/c1-13-11-19(4,14-7-9-15(21-6)10-8-14)12-16-17(13)20(5)22-18(16,2)3/h7-10,13,16-17H,11-12H2,1-6H3/t13-,16+,17+,19+/m0/s1. The van der Waals surface area contributed by atoms with Gasteiger partial charge in [0.25, 0.3) is 0 Å². The minimum atomic E-state index is -0.0815. The normalized spacial score (nSPS) is 37.8. The van der Waals surface area contributed by atoms with E-state index in [0.717, 1.165) is 5.75 Å². The highest BCUT2D eigenvalue weighted by Crippen LogP contribution is 2.53. The van der Waals surface area contributed by atoms with Crippen LogP contribution in [0.5, 0.6) is 5.75 Å². The SMILES string of the molecule is COc1ccc([C@@]2(C)C[C@@H]3[C@@H]([C@@H](C)C2)N(C)OC3(C)C)cc1. The quantitative estimate of drug-likeness (QED) is 0.823. The second kappa shape index (κ2) is 5.24. The Morgan fingerprint density at radius 1 is 1.14 bits per heavy atom. The summed E-state index contributed by atoms with van der Waals surface area (Å²) < 4.78 is 5.30. The number of hydroxylamine groups is 2. The number of benzene rings is 1. The highest BCUT2D eigenvalue weighted by Gasteiger charge is 2.55. The lowest BCUT2D eigenvalue weighted by molar-refractivity contribution is -0.182. The third-order valence-corrected chi connectivity index (χ3v) is 5.92. The molecule has 0 amide bonds. The van der Waals surface area contributed by atoms with E-state index < -0.39 is 0 Å². The van der Waals surface area contributed by atoms with E-state index in [2.05, 4.69) is 64.1 Å². The molecule has 0 radical (unpaired) electrons. The molecule has 3 nitrogen and oxygen atoms in total. The average molecular weight is 303 g/mol. The van der Waals surface area contributed by atoms with Crippen LogP contribution in [0.3, 0.4) is 0 Å². The molecule has 0 unspecified atom stereocenters.